The van der Waals surface area contributed by atoms with Crippen molar-refractivity contribution in [3.8, 4) is 0 Å². The largest absolute Gasteiger partial charge is 0.478 e. The average Bonchev–Trinajstić information content (AvgIpc) is 2.03. The predicted molar refractivity (Wildman–Crippen MR) is 48.9 cm³/mol. The summed E-state index contributed by atoms with van der Waals surface area (Å²) in [5.41, 5.74) is 5.24. The summed E-state index contributed by atoms with van der Waals surface area (Å²) in [6, 6.07) is 0. The van der Waals surface area contributed by atoms with E-state index >= 15 is 0 Å². The van der Waals surface area contributed by atoms with Crippen LogP contribution in [0, 0.1) is 0 Å². The number of halogens is 1. The number of aliphatic carboxylic acids is 1. The smallest absolute Gasteiger partial charge is 0.335 e. The molecule has 0 amide bonds. The van der Waals surface area contributed by atoms with Gasteiger partial charge in [0.2, 0.25) is 0 Å². The zero-order valence-corrected chi connectivity index (χ0v) is 7.21. The second-order valence-electron chi connectivity index (χ2n) is 1.96. The molecule has 66 valence electrons. The normalized spacial score (nSPS) is 12.8. The third-order valence-corrected chi connectivity index (χ3v) is 1.31. The summed E-state index contributed by atoms with van der Waals surface area (Å²) < 4.78 is 0. The van der Waals surface area contributed by atoms with Crippen molar-refractivity contribution in [3.05, 3.63) is 35.4 Å². The van der Waals surface area contributed by atoms with E-state index in [1.165, 1.54) is 18.2 Å². The molecule has 0 aromatic carbocycles. The lowest BCUT2D eigenvalue weighted by molar-refractivity contribution is -0.132. The van der Waals surface area contributed by atoms with Crippen LogP contribution in [-0.2, 0) is 4.79 Å². The minimum absolute atomic E-state index is 0.0699. The monoisotopic (exact) mass is 187 g/mol. The fourth-order valence-corrected chi connectivity index (χ4v) is 0.653. The number of carbonyl (C=O) groups is 1. The second kappa shape index (κ2) is 5.57. The molecule has 0 spiro atoms. The Hall–Kier alpha value is -1.06. The third-order valence-electron chi connectivity index (χ3n) is 1.05. The summed E-state index contributed by atoms with van der Waals surface area (Å²) in [7, 11) is 0. The molecule has 0 fully saturated rings. The Balaban J connectivity index is 4.66. The molecule has 4 heteroatoms. The summed E-state index contributed by atoms with van der Waals surface area (Å²) >= 11 is 5.54. The van der Waals surface area contributed by atoms with Crippen molar-refractivity contribution in [1.29, 1.82) is 0 Å². The van der Waals surface area contributed by atoms with Crippen molar-refractivity contribution in [2.45, 2.75) is 0 Å². The molecule has 0 heterocycles. The second-order valence-corrected chi connectivity index (χ2v) is 2.44. The van der Waals surface area contributed by atoms with Crippen LogP contribution in [0.5, 0.6) is 0 Å². The van der Waals surface area contributed by atoms with Crippen LogP contribution in [0.4, 0.5) is 0 Å². The van der Waals surface area contributed by atoms with Gasteiger partial charge in [-0.05, 0) is 12.2 Å². The van der Waals surface area contributed by atoms with Gasteiger partial charge in [0.1, 0.15) is 0 Å². The highest BCUT2D eigenvalue weighted by Gasteiger charge is 2.02. The van der Waals surface area contributed by atoms with Crippen molar-refractivity contribution in [2.75, 3.05) is 6.54 Å². The van der Waals surface area contributed by atoms with Gasteiger partial charge in [0.05, 0.1) is 5.57 Å². The first-order chi connectivity index (χ1) is 5.61. The molecule has 3 nitrogen and oxygen atoms in total. The molecule has 0 aliphatic carbocycles. The van der Waals surface area contributed by atoms with Gasteiger partial charge in [-0.25, -0.2) is 4.79 Å². The van der Waals surface area contributed by atoms with Crippen molar-refractivity contribution in [2.24, 2.45) is 5.73 Å². The Morgan fingerprint density at radius 3 is 2.58 bits per heavy atom. The van der Waals surface area contributed by atoms with Crippen LogP contribution in [0.25, 0.3) is 0 Å². The molecule has 0 aliphatic rings. The van der Waals surface area contributed by atoms with Gasteiger partial charge in [-0.15, -0.1) is 0 Å². The van der Waals surface area contributed by atoms with E-state index in [2.05, 4.69) is 6.58 Å². The van der Waals surface area contributed by atoms with E-state index < -0.39 is 5.97 Å². The molecule has 0 aromatic rings. The number of allylic oxidation sites excluding steroid dienone is 2. The fourth-order valence-electron chi connectivity index (χ4n) is 0.536. The number of carboxylic acid groups (broad SMARTS) is 1. The van der Waals surface area contributed by atoms with Gasteiger partial charge >= 0.3 is 5.97 Å². The molecular weight excluding hydrogens is 178 g/mol. The number of nitrogens with two attached hydrogens (primary N) is 1. The first-order valence-corrected chi connectivity index (χ1v) is 3.61. The van der Waals surface area contributed by atoms with Crippen LogP contribution < -0.4 is 5.73 Å². The van der Waals surface area contributed by atoms with Crippen molar-refractivity contribution >= 4 is 17.6 Å². The van der Waals surface area contributed by atoms with E-state index in [0.717, 1.165) is 0 Å². The Morgan fingerprint density at radius 1 is 1.67 bits per heavy atom. The van der Waals surface area contributed by atoms with E-state index in [4.69, 9.17) is 22.4 Å². The predicted octanol–water partition coefficient (Wildman–Crippen LogP) is 1.26. The van der Waals surface area contributed by atoms with Crippen LogP contribution in [0.15, 0.2) is 35.4 Å². The number of hydrogen-bond acceptors (Lipinski definition) is 2. The Bertz CT molecular complexity index is 243. The molecule has 0 rings (SSSR count). The zero-order chi connectivity index (χ0) is 9.56. The van der Waals surface area contributed by atoms with E-state index in [1.54, 1.807) is 0 Å². The molecule has 0 saturated carbocycles. The van der Waals surface area contributed by atoms with Gasteiger partial charge in [-0.1, -0.05) is 24.3 Å². The molecule has 3 N–H and O–H groups in total. The van der Waals surface area contributed by atoms with Crippen molar-refractivity contribution in [3.63, 3.8) is 0 Å². The molecule has 0 aliphatic heterocycles. The van der Waals surface area contributed by atoms with Gasteiger partial charge in [0.25, 0.3) is 0 Å². The van der Waals surface area contributed by atoms with E-state index in [9.17, 15) is 4.79 Å². The van der Waals surface area contributed by atoms with Gasteiger partial charge in [0.15, 0.2) is 0 Å². The number of carboxylic acids is 1. The topological polar surface area (TPSA) is 63.3 Å². The quantitative estimate of drug-likeness (QED) is 0.515. The van der Waals surface area contributed by atoms with Crippen LogP contribution in [0.1, 0.15) is 0 Å². The van der Waals surface area contributed by atoms with Crippen molar-refractivity contribution in [1.82, 2.24) is 0 Å². The molecule has 0 radical (unpaired) electrons. The van der Waals surface area contributed by atoms with Crippen molar-refractivity contribution < 1.29 is 9.90 Å². The Kier molecular flexibility index (Phi) is 5.08. The van der Waals surface area contributed by atoms with Gasteiger partial charge in [0, 0.05) is 11.6 Å². The zero-order valence-electron chi connectivity index (χ0n) is 6.46. The van der Waals surface area contributed by atoms with Gasteiger partial charge < -0.3 is 10.8 Å². The van der Waals surface area contributed by atoms with Crippen LogP contribution in [0.2, 0.25) is 0 Å². The maximum absolute atomic E-state index is 10.5. The van der Waals surface area contributed by atoms with Crippen LogP contribution in [-0.4, -0.2) is 17.6 Å². The van der Waals surface area contributed by atoms with Crippen LogP contribution >= 0.6 is 11.6 Å². The van der Waals surface area contributed by atoms with Crippen LogP contribution in [0.3, 0.4) is 0 Å². The lowest BCUT2D eigenvalue weighted by Gasteiger charge is -1.94. The summed E-state index contributed by atoms with van der Waals surface area (Å²) in [6.45, 7) is 3.50. The number of rotatable bonds is 4. The minimum atomic E-state index is -1.05. The summed E-state index contributed by atoms with van der Waals surface area (Å²) in [6.07, 6.45) is 4.02. The lowest BCUT2D eigenvalue weighted by atomic mass is 10.2. The SMILES string of the molecule is C=C/C=C(\C=C(\Cl)CN)C(=O)O. The molecule has 12 heavy (non-hydrogen) atoms. The fraction of sp³-hybridized carbons (Fsp3) is 0.125. The molecule has 0 bridgehead atoms. The standard InChI is InChI=1S/C8H10ClNO2/c1-2-3-6(8(11)12)4-7(9)5-10/h2-4H,1,5,10H2,(H,11,12)/b6-3+,7-4+. The maximum atomic E-state index is 10.5. The molecule has 0 unspecified atom stereocenters. The summed E-state index contributed by atoms with van der Waals surface area (Å²) in [5.74, 6) is -1.05. The molecule has 0 atom stereocenters. The molecule has 0 saturated heterocycles. The first kappa shape index (κ1) is 10.9. The third kappa shape index (κ3) is 3.95. The highest BCUT2D eigenvalue weighted by Crippen LogP contribution is 2.05. The maximum Gasteiger partial charge on any atom is 0.335 e. The Morgan fingerprint density at radius 2 is 2.25 bits per heavy atom. The summed E-state index contributed by atoms with van der Waals surface area (Å²) in [4.78, 5) is 10.5. The van der Waals surface area contributed by atoms with E-state index in [0.29, 0.717) is 5.03 Å². The lowest BCUT2D eigenvalue weighted by Crippen LogP contribution is -2.02. The molecular formula is C8H10ClNO2. The Labute approximate surface area is 75.8 Å². The highest BCUT2D eigenvalue weighted by atomic mass is 35.5. The minimum Gasteiger partial charge on any atom is -0.478 e. The van der Waals surface area contributed by atoms with Gasteiger partial charge in [-0.2, -0.15) is 0 Å². The highest BCUT2D eigenvalue weighted by molar-refractivity contribution is 6.30. The van der Waals surface area contributed by atoms with E-state index in [-0.39, 0.29) is 12.1 Å². The molecule has 0 aromatic heterocycles. The average molecular weight is 188 g/mol. The summed E-state index contributed by atoms with van der Waals surface area (Å²) in [5, 5.41) is 8.89. The van der Waals surface area contributed by atoms with E-state index in [1.807, 2.05) is 0 Å². The first-order valence-electron chi connectivity index (χ1n) is 3.24. The van der Waals surface area contributed by atoms with Gasteiger partial charge in [-0.3, -0.25) is 0 Å². The number of hydrogen-bond donors (Lipinski definition) is 2.